The number of unbranched alkanes of at least 4 members (excludes halogenated alkanes) is 5. The van der Waals surface area contributed by atoms with Gasteiger partial charge >= 0.3 is 0 Å². The number of aryl methyl sites for hydroxylation is 1. The monoisotopic (exact) mass is 324 g/mol. The lowest BCUT2D eigenvalue weighted by Gasteiger charge is -2.05. The van der Waals surface area contributed by atoms with Gasteiger partial charge in [-0.2, -0.15) is 4.37 Å². The molecule has 0 saturated heterocycles. The van der Waals surface area contributed by atoms with Crippen molar-refractivity contribution in [2.45, 2.75) is 52.4 Å². The fourth-order valence-electron chi connectivity index (χ4n) is 2.26. The molecule has 21 heavy (non-hydrogen) atoms. The molecule has 0 atom stereocenters. The molecule has 0 saturated carbocycles. The quantitative estimate of drug-likeness (QED) is 0.642. The van der Waals surface area contributed by atoms with E-state index in [-0.39, 0.29) is 0 Å². The number of nitrogen functional groups attached to an aromatic ring is 1. The largest absolute Gasteiger partial charge is 0.382 e. The van der Waals surface area contributed by atoms with Crippen LogP contribution in [0.3, 0.4) is 0 Å². The Morgan fingerprint density at radius 1 is 1.19 bits per heavy atom. The lowest BCUT2D eigenvalue weighted by molar-refractivity contribution is 0.617. The molecule has 0 aliphatic rings. The summed E-state index contributed by atoms with van der Waals surface area (Å²) in [5.41, 5.74) is 7.90. The normalized spacial score (nSPS) is 11.0. The minimum absolute atomic E-state index is 0.579. The predicted molar refractivity (Wildman–Crippen MR) is 94.2 cm³/mol. The molecule has 0 spiro atoms. The third kappa shape index (κ3) is 4.68. The van der Waals surface area contributed by atoms with Crippen LogP contribution in [0.15, 0.2) is 5.38 Å². The average molecular weight is 325 g/mol. The summed E-state index contributed by atoms with van der Waals surface area (Å²) in [5.74, 6) is 0.579. The smallest absolute Gasteiger partial charge is 0.148 e. The highest BCUT2D eigenvalue weighted by Gasteiger charge is 2.15. The topological polar surface area (TPSA) is 63.8 Å². The van der Waals surface area contributed by atoms with Crippen molar-refractivity contribution in [3.05, 3.63) is 10.4 Å². The molecule has 0 unspecified atom stereocenters. The molecule has 6 heteroatoms. The highest BCUT2D eigenvalue weighted by molar-refractivity contribution is 7.11. The maximum Gasteiger partial charge on any atom is 0.148 e. The van der Waals surface area contributed by atoms with E-state index in [0.29, 0.717) is 5.82 Å². The first-order valence-electron chi connectivity index (χ1n) is 7.64. The van der Waals surface area contributed by atoms with E-state index in [2.05, 4.69) is 21.6 Å². The van der Waals surface area contributed by atoms with E-state index in [1.165, 1.54) is 50.1 Å². The highest BCUT2D eigenvalue weighted by Crippen LogP contribution is 2.37. The van der Waals surface area contributed by atoms with Crippen molar-refractivity contribution < 1.29 is 0 Å². The molecule has 0 aliphatic carbocycles. The summed E-state index contributed by atoms with van der Waals surface area (Å²) in [6, 6.07) is 0. The van der Waals surface area contributed by atoms with Crippen molar-refractivity contribution in [1.29, 1.82) is 0 Å². The summed E-state index contributed by atoms with van der Waals surface area (Å²) in [4.78, 5) is 4.52. The van der Waals surface area contributed by atoms with Gasteiger partial charge in [0.25, 0.3) is 0 Å². The van der Waals surface area contributed by atoms with E-state index in [1.807, 2.05) is 12.3 Å². The molecule has 0 radical (unpaired) electrons. The Labute approximate surface area is 135 Å². The van der Waals surface area contributed by atoms with Crippen LogP contribution in [0.4, 0.5) is 10.8 Å². The Hall–Kier alpha value is -1.14. The first kappa shape index (κ1) is 16.2. The molecule has 2 heterocycles. The summed E-state index contributed by atoms with van der Waals surface area (Å²) in [6.07, 6.45) is 7.82. The van der Waals surface area contributed by atoms with Gasteiger partial charge in [0.05, 0.1) is 16.3 Å². The second-order valence-corrected chi connectivity index (χ2v) is 7.05. The lowest BCUT2D eigenvalue weighted by Crippen LogP contribution is -2.01. The third-order valence-electron chi connectivity index (χ3n) is 3.41. The molecule has 2 aromatic heterocycles. The van der Waals surface area contributed by atoms with Crippen molar-refractivity contribution in [2.75, 3.05) is 17.6 Å². The van der Waals surface area contributed by atoms with Gasteiger partial charge in [-0.15, -0.1) is 11.3 Å². The second-order valence-electron chi connectivity index (χ2n) is 5.22. The summed E-state index contributed by atoms with van der Waals surface area (Å²) >= 11 is 3.07. The number of nitrogens with zero attached hydrogens (tertiary/aromatic N) is 2. The zero-order valence-corrected chi connectivity index (χ0v) is 14.4. The van der Waals surface area contributed by atoms with Crippen LogP contribution in [0.5, 0.6) is 0 Å². The van der Waals surface area contributed by atoms with E-state index in [0.717, 1.165) is 27.8 Å². The summed E-state index contributed by atoms with van der Waals surface area (Å²) in [7, 11) is 0. The number of hydrogen-bond acceptors (Lipinski definition) is 6. The predicted octanol–water partition coefficient (Wildman–Crippen LogP) is 4.93. The van der Waals surface area contributed by atoms with Crippen molar-refractivity contribution in [3.63, 3.8) is 0 Å². The molecule has 0 aromatic carbocycles. The maximum atomic E-state index is 5.99. The van der Waals surface area contributed by atoms with Gasteiger partial charge in [0.15, 0.2) is 0 Å². The zero-order valence-electron chi connectivity index (χ0n) is 12.8. The van der Waals surface area contributed by atoms with Crippen LogP contribution in [-0.2, 0) is 0 Å². The second kappa shape index (κ2) is 8.34. The van der Waals surface area contributed by atoms with E-state index in [4.69, 9.17) is 5.73 Å². The zero-order chi connectivity index (χ0) is 15.1. The van der Waals surface area contributed by atoms with Gasteiger partial charge in [-0.1, -0.05) is 39.0 Å². The van der Waals surface area contributed by atoms with Crippen LogP contribution in [0.1, 0.15) is 50.5 Å². The third-order valence-corrected chi connectivity index (χ3v) is 5.00. The Balaban J connectivity index is 1.84. The summed E-state index contributed by atoms with van der Waals surface area (Å²) < 4.78 is 4.26. The molecule has 4 nitrogen and oxygen atoms in total. The lowest BCUT2D eigenvalue weighted by atomic mass is 10.1. The Morgan fingerprint density at radius 3 is 2.67 bits per heavy atom. The number of nitrogens with one attached hydrogen (secondary N) is 1. The van der Waals surface area contributed by atoms with E-state index < -0.39 is 0 Å². The first-order chi connectivity index (χ1) is 10.2. The molecule has 0 fully saturated rings. The van der Waals surface area contributed by atoms with Gasteiger partial charge in [0.1, 0.15) is 10.8 Å². The van der Waals surface area contributed by atoms with E-state index >= 15 is 0 Å². The number of hydrogen-bond donors (Lipinski definition) is 2. The number of anilines is 2. The number of nitrogens with two attached hydrogens (primary N) is 1. The Kier molecular flexibility index (Phi) is 6.45. The molecule has 2 aromatic rings. The van der Waals surface area contributed by atoms with Gasteiger partial charge < -0.3 is 11.1 Å². The van der Waals surface area contributed by atoms with Crippen molar-refractivity contribution in [3.8, 4) is 11.3 Å². The minimum atomic E-state index is 0.579. The summed E-state index contributed by atoms with van der Waals surface area (Å²) in [6.45, 7) is 5.23. The Bertz CT molecular complexity index is 548. The van der Waals surface area contributed by atoms with Crippen molar-refractivity contribution in [1.82, 2.24) is 9.36 Å². The van der Waals surface area contributed by atoms with Crippen LogP contribution in [0, 0.1) is 6.92 Å². The molecule has 0 amide bonds. The molecule has 0 aliphatic heterocycles. The molecule has 0 bridgehead atoms. The van der Waals surface area contributed by atoms with Crippen molar-refractivity contribution in [2.24, 2.45) is 0 Å². The molecule has 2 rings (SSSR count). The van der Waals surface area contributed by atoms with Gasteiger partial charge in [-0.3, -0.25) is 0 Å². The first-order valence-corrected chi connectivity index (χ1v) is 9.29. The van der Waals surface area contributed by atoms with E-state index in [9.17, 15) is 0 Å². The van der Waals surface area contributed by atoms with Gasteiger partial charge in [0, 0.05) is 11.9 Å². The van der Waals surface area contributed by atoms with Crippen LogP contribution >= 0.6 is 22.9 Å². The van der Waals surface area contributed by atoms with Crippen LogP contribution in [-0.4, -0.2) is 15.9 Å². The Morgan fingerprint density at radius 2 is 1.95 bits per heavy atom. The van der Waals surface area contributed by atoms with Gasteiger partial charge in [-0.05, 0) is 24.9 Å². The molecular formula is C15H24N4S2. The molecule has 116 valence electrons. The fraction of sp³-hybridized carbons (Fsp3) is 0.600. The fourth-order valence-corrected chi connectivity index (χ4v) is 3.61. The minimum Gasteiger partial charge on any atom is -0.382 e. The van der Waals surface area contributed by atoms with Crippen LogP contribution in [0.25, 0.3) is 11.3 Å². The average Bonchev–Trinajstić information content (AvgIpc) is 3.04. The SMILES string of the molecule is CCCCCCCCNc1snc(N)c1-c1csc(C)n1. The van der Waals surface area contributed by atoms with Crippen molar-refractivity contribution >= 4 is 33.7 Å². The number of aromatic nitrogens is 2. The van der Waals surface area contributed by atoms with E-state index in [1.54, 1.807) is 11.3 Å². The van der Waals surface area contributed by atoms with Crippen LogP contribution < -0.4 is 11.1 Å². The van der Waals surface area contributed by atoms with Crippen LogP contribution in [0.2, 0.25) is 0 Å². The maximum absolute atomic E-state index is 5.99. The standard InChI is InChI=1S/C15H24N4S2/c1-3-4-5-6-7-8-9-17-15-13(14(16)19-21-15)12-10-20-11(2)18-12/h10,17H,3-9H2,1-2H3,(H2,16,19). The number of thiazole rings is 1. The highest BCUT2D eigenvalue weighted by atomic mass is 32.1. The van der Waals surface area contributed by atoms with Gasteiger partial charge in [-0.25, -0.2) is 4.98 Å². The summed E-state index contributed by atoms with van der Waals surface area (Å²) in [5, 5.41) is 7.62. The number of rotatable bonds is 9. The van der Waals surface area contributed by atoms with Gasteiger partial charge in [0.2, 0.25) is 0 Å². The molecule has 3 N–H and O–H groups in total. The molecular weight excluding hydrogens is 300 g/mol.